The highest BCUT2D eigenvalue weighted by Gasteiger charge is 2.05. The molecule has 2 heterocycles. The van der Waals surface area contributed by atoms with Gasteiger partial charge in [0.2, 0.25) is 0 Å². The number of aliphatic imine (C=N–C) groups is 1. The lowest BCUT2D eigenvalue weighted by Gasteiger charge is -2.12. The third-order valence-electron chi connectivity index (χ3n) is 2.05. The SMILES string of the molecule is Cc1cnc(CNC2=NCCCS2)cn1. The molecule has 0 bridgehead atoms. The Morgan fingerprint density at radius 3 is 3.00 bits per heavy atom. The molecule has 1 aliphatic rings. The molecule has 0 saturated carbocycles. The molecule has 0 aliphatic carbocycles. The molecular weight excluding hydrogens is 208 g/mol. The van der Waals surface area contributed by atoms with Crippen LogP contribution in [0.15, 0.2) is 17.4 Å². The fourth-order valence-electron chi connectivity index (χ4n) is 1.24. The maximum atomic E-state index is 4.38. The number of rotatable bonds is 2. The van der Waals surface area contributed by atoms with Gasteiger partial charge in [0, 0.05) is 18.5 Å². The molecule has 0 amide bonds. The molecule has 0 spiro atoms. The van der Waals surface area contributed by atoms with Crippen molar-refractivity contribution in [3.63, 3.8) is 0 Å². The maximum Gasteiger partial charge on any atom is 0.156 e. The number of thioether (sulfide) groups is 1. The normalized spacial score (nSPS) is 15.9. The number of hydrogen-bond donors (Lipinski definition) is 1. The summed E-state index contributed by atoms with van der Waals surface area (Å²) in [6, 6.07) is 0. The van der Waals surface area contributed by atoms with Gasteiger partial charge in [-0.25, -0.2) is 0 Å². The lowest BCUT2D eigenvalue weighted by atomic mass is 10.4. The van der Waals surface area contributed by atoms with E-state index in [1.165, 1.54) is 6.42 Å². The second-order valence-corrected chi connectivity index (χ2v) is 4.48. The Bertz CT molecular complexity index is 347. The van der Waals surface area contributed by atoms with Crippen LogP contribution in [0.2, 0.25) is 0 Å². The van der Waals surface area contributed by atoms with Gasteiger partial charge in [0.1, 0.15) is 0 Å². The lowest BCUT2D eigenvalue weighted by Crippen LogP contribution is -2.23. The Labute approximate surface area is 93.6 Å². The molecule has 1 N–H and O–H groups in total. The summed E-state index contributed by atoms with van der Waals surface area (Å²) in [5.74, 6) is 1.16. The van der Waals surface area contributed by atoms with E-state index in [-0.39, 0.29) is 0 Å². The van der Waals surface area contributed by atoms with E-state index in [2.05, 4.69) is 20.3 Å². The average molecular weight is 222 g/mol. The van der Waals surface area contributed by atoms with E-state index < -0.39 is 0 Å². The van der Waals surface area contributed by atoms with Gasteiger partial charge in [0.05, 0.1) is 24.1 Å². The highest BCUT2D eigenvalue weighted by atomic mass is 32.2. The smallest absolute Gasteiger partial charge is 0.156 e. The topological polar surface area (TPSA) is 50.2 Å². The highest BCUT2D eigenvalue weighted by molar-refractivity contribution is 8.13. The van der Waals surface area contributed by atoms with Crippen molar-refractivity contribution in [3.8, 4) is 0 Å². The van der Waals surface area contributed by atoms with Crippen molar-refractivity contribution in [2.24, 2.45) is 4.99 Å². The quantitative estimate of drug-likeness (QED) is 0.821. The van der Waals surface area contributed by atoms with E-state index in [1.54, 1.807) is 24.2 Å². The summed E-state index contributed by atoms with van der Waals surface area (Å²) in [5, 5.41) is 4.30. The lowest BCUT2D eigenvalue weighted by molar-refractivity contribution is 0.844. The van der Waals surface area contributed by atoms with Crippen molar-refractivity contribution < 1.29 is 0 Å². The van der Waals surface area contributed by atoms with Crippen molar-refractivity contribution in [1.29, 1.82) is 0 Å². The zero-order valence-corrected chi connectivity index (χ0v) is 9.55. The molecule has 15 heavy (non-hydrogen) atoms. The Balaban J connectivity index is 1.87. The molecule has 0 radical (unpaired) electrons. The minimum atomic E-state index is 0.707. The van der Waals surface area contributed by atoms with Gasteiger partial charge in [0.15, 0.2) is 5.17 Å². The summed E-state index contributed by atoms with van der Waals surface area (Å²) < 4.78 is 0. The summed E-state index contributed by atoms with van der Waals surface area (Å²) in [5.41, 5.74) is 1.90. The van der Waals surface area contributed by atoms with Crippen LogP contribution in [0.1, 0.15) is 17.8 Å². The monoisotopic (exact) mass is 222 g/mol. The van der Waals surface area contributed by atoms with Crippen LogP contribution in [0.5, 0.6) is 0 Å². The first-order valence-electron chi connectivity index (χ1n) is 5.03. The molecule has 1 aliphatic heterocycles. The molecule has 0 aromatic carbocycles. The highest BCUT2D eigenvalue weighted by Crippen LogP contribution is 2.10. The Hall–Kier alpha value is -1.10. The van der Waals surface area contributed by atoms with Gasteiger partial charge in [-0.1, -0.05) is 11.8 Å². The minimum absolute atomic E-state index is 0.707. The van der Waals surface area contributed by atoms with Crippen molar-refractivity contribution in [3.05, 3.63) is 23.8 Å². The zero-order chi connectivity index (χ0) is 10.5. The van der Waals surface area contributed by atoms with Gasteiger partial charge in [-0.3, -0.25) is 15.0 Å². The van der Waals surface area contributed by atoms with E-state index in [4.69, 9.17) is 0 Å². The van der Waals surface area contributed by atoms with Crippen LogP contribution in [0, 0.1) is 6.92 Å². The summed E-state index contributed by atoms with van der Waals surface area (Å²) in [7, 11) is 0. The first-order valence-corrected chi connectivity index (χ1v) is 6.02. The van der Waals surface area contributed by atoms with Crippen molar-refractivity contribution in [2.45, 2.75) is 19.9 Å². The summed E-state index contributed by atoms with van der Waals surface area (Å²) in [6.45, 7) is 3.58. The van der Waals surface area contributed by atoms with Crippen LogP contribution < -0.4 is 5.32 Å². The third kappa shape index (κ3) is 3.20. The standard InChI is InChI=1S/C10H14N4S/c1-8-5-13-9(6-12-8)7-14-10-11-3-2-4-15-10/h5-6H,2-4,7H2,1H3,(H,11,14). The molecule has 80 valence electrons. The van der Waals surface area contributed by atoms with Crippen molar-refractivity contribution in [2.75, 3.05) is 12.3 Å². The molecule has 4 nitrogen and oxygen atoms in total. The van der Waals surface area contributed by atoms with E-state index in [9.17, 15) is 0 Å². The van der Waals surface area contributed by atoms with Gasteiger partial charge >= 0.3 is 0 Å². The van der Waals surface area contributed by atoms with Crippen LogP contribution in [-0.2, 0) is 6.54 Å². The van der Waals surface area contributed by atoms with E-state index >= 15 is 0 Å². The average Bonchev–Trinajstić information content (AvgIpc) is 2.30. The number of hydrogen-bond acceptors (Lipinski definition) is 5. The number of amidine groups is 1. The summed E-state index contributed by atoms with van der Waals surface area (Å²) in [4.78, 5) is 12.8. The second-order valence-electron chi connectivity index (χ2n) is 3.39. The minimum Gasteiger partial charge on any atom is -0.359 e. The van der Waals surface area contributed by atoms with Gasteiger partial charge in [-0.2, -0.15) is 0 Å². The predicted molar refractivity (Wildman–Crippen MR) is 63.0 cm³/mol. The first kappa shape index (κ1) is 10.4. The molecule has 0 unspecified atom stereocenters. The number of nitrogens with zero attached hydrogens (tertiary/aromatic N) is 3. The van der Waals surface area contributed by atoms with Crippen LogP contribution in [0.4, 0.5) is 0 Å². The van der Waals surface area contributed by atoms with Crippen molar-refractivity contribution >= 4 is 16.9 Å². The molecular formula is C10H14N4S. The van der Waals surface area contributed by atoms with E-state index in [1.807, 2.05) is 6.92 Å². The van der Waals surface area contributed by atoms with Crippen LogP contribution in [0.3, 0.4) is 0 Å². The Morgan fingerprint density at radius 1 is 1.40 bits per heavy atom. The third-order valence-corrected chi connectivity index (χ3v) is 3.09. The Kier molecular flexibility index (Phi) is 3.55. The van der Waals surface area contributed by atoms with Crippen molar-refractivity contribution in [1.82, 2.24) is 15.3 Å². The van der Waals surface area contributed by atoms with Crippen LogP contribution >= 0.6 is 11.8 Å². The molecule has 1 aromatic rings. The first-order chi connectivity index (χ1) is 7.34. The molecule has 0 atom stereocenters. The molecule has 0 fully saturated rings. The van der Waals surface area contributed by atoms with Gasteiger partial charge < -0.3 is 5.32 Å². The van der Waals surface area contributed by atoms with Crippen LogP contribution in [0.25, 0.3) is 0 Å². The summed E-state index contributed by atoms with van der Waals surface area (Å²) >= 11 is 1.78. The molecule has 2 rings (SSSR count). The molecule has 0 saturated heterocycles. The fraction of sp³-hybridized carbons (Fsp3) is 0.500. The Morgan fingerprint density at radius 2 is 2.33 bits per heavy atom. The molecule has 1 aromatic heterocycles. The van der Waals surface area contributed by atoms with E-state index in [0.29, 0.717) is 6.54 Å². The second kappa shape index (κ2) is 5.11. The van der Waals surface area contributed by atoms with Crippen LogP contribution in [-0.4, -0.2) is 27.4 Å². The largest absolute Gasteiger partial charge is 0.359 e. The van der Waals surface area contributed by atoms with E-state index in [0.717, 1.165) is 28.9 Å². The number of aromatic nitrogens is 2. The predicted octanol–water partition coefficient (Wildman–Crippen LogP) is 1.37. The fourth-order valence-corrected chi connectivity index (χ4v) is 2.07. The number of aryl methyl sites for hydroxylation is 1. The zero-order valence-electron chi connectivity index (χ0n) is 8.73. The molecule has 5 heteroatoms. The van der Waals surface area contributed by atoms with Gasteiger partial charge in [-0.05, 0) is 13.3 Å². The maximum absolute atomic E-state index is 4.38. The van der Waals surface area contributed by atoms with Gasteiger partial charge in [0.25, 0.3) is 0 Å². The number of nitrogens with one attached hydrogen (secondary N) is 1. The summed E-state index contributed by atoms with van der Waals surface area (Å²) in [6.07, 6.45) is 4.77. The van der Waals surface area contributed by atoms with Gasteiger partial charge in [-0.15, -0.1) is 0 Å².